The van der Waals surface area contributed by atoms with Crippen molar-refractivity contribution >= 4 is 29.2 Å². The van der Waals surface area contributed by atoms with Gasteiger partial charge in [-0.05, 0) is 48.9 Å². The van der Waals surface area contributed by atoms with Crippen molar-refractivity contribution in [3.63, 3.8) is 0 Å². The third-order valence-electron chi connectivity index (χ3n) is 4.73. The summed E-state index contributed by atoms with van der Waals surface area (Å²) < 4.78 is 10.8. The van der Waals surface area contributed by atoms with Crippen LogP contribution in [0.4, 0.5) is 11.4 Å². The Kier molecular flexibility index (Phi) is 5.15. The zero-order valence-corrected chi connectivity index (χ0v) is 17.0. The molecule has 9 nitrogen and oxygen atoms in total. The average molecular weight is 432 g/mol. The van der Waals surface area contributed by atoms with Crippen LogP contribution in [0.2, 0.25) is 0 Å². The molecule has 1 aliphatic heterocycles. The minimum Gasteiger partial charge on any atom is -0.457 e. The maximum atomic E-state index is 13.1. The number of esters is 1. The highest BCUT2D eigenvalue weighted by atomic mass is 16.6. The predicted molar refractivity (Wildman–Crippen MR) is 113 cm³/mol. The van der Waals surface area contributed by atoms with E-state index < -0.39 is 22.7 Å². The number of rotatable bonds is 5. The number of nitrogens with zero attached hydrogens (tertiary/aromatic N) is 2. The van der Waals surface area contributed by atoms with Gasteiger partial charge in [-0.2, -0.15) is 0 Å². The lowest BCUT2D eigenvalue weighted by molar-refractivity contribution is -0.384. The molecule has 0 aliphatic carbocycles. The highest BCUT2D eigenvalue weighted by molar-refractivity contribution is 6.35. The molecule has 1 heterocycles. The van der Waals surface area contributed by atoms with Crippen molar-refractivity contribution in [3.8, 4) is 17.2 Å². The van der Waals surface area contributed by atoms with E-state index >= 15 is 0 Å². The lowest BCUT2D eigenvalue weighted by Crippen LogP contribution is -2.30. The number of amides is 2. The standard InChI is InChI=1S/C23H16N2O7/c1-13-6-9-21(31-14(2)26)20(10-13)24-22(27)18-8-7-17(12-19(18)23(24)28)32-16-5-3-4-15(11-16)25(29)30/h3-12H,1-2H3. The molecule has 0 bridgehead atoms. The van der Waals surface area contributed by atoms with Gasteiger partial charge in [-0.1, -0.05) is 12.1 Å². The largest absolute Gasteiger partial charge is 0.457 e. The number of benzene rings is 3. The second-order valence-electron chi connectivity index (χ2n) is 7.07. The number of anilines is 1. The molecule has 3 aromatic rings. The minimum atomic E-state index is -0.603. The Hall–Kier alpha value is -4.53. The van der Waals surface area contributed by atoms with E-state index in [9.17, 15) is 24.5 Å². The van der Waals surface area contributed by atoms with Crippen LogP contribution in [0, 0.1) is 17.0 Å². The second-order valence-corrected chi connectivity index (χ2v) is 7.07. The first-order valence-corrected chi connectivity index (χ1v) is 9.49. The number of imide groups is 1. The van der Waals surface area contributed by atoms with Gasteiger partial charge >= 0.3 is 5.97 Å². The van der Waals surface area contributed by atoms with E-state index in [0.29, 0.717) is 0 Å². The number of nitro benzene ring substituents is 1. The van der Waals surface area contributed by atoms with Gasteiger partial charge in [0, 0.05) is 13.0 Å². The summed E-state index contributed by atoms with van der Waals surface area (Å²) in [6.45, 7) is 3.01. The van der Waals surface area contributed by atoms with Crippen LogP contribution in [-0.4, -0.2) is 22.7 Å². The predicted octanol–water partition coefficient (Wildman–Crippen LogP) is 4.42. The van der Waals surface area contributed by atoms with Crippen LogP contribution in [0.15, 0.2) is 60.7 Å². The number of nitro groups is 1. The summed E-state index contributed by atoms with van der Waals surface area (Å²) in [6.07, 6.45) is 0. The van der Waals surface area contributed by atoms with E-state index in [1.807, 2.05) is 0 Å². The van der Waals surface area contributed by atoms with Crippen molar-refractivity contribution in [2.75, 3.05) is 4.90 Å². The molecule has 4 rings (SSSR count). The van der Waals surface area contributed by atoms with Gasteiger partial charge in [-0.3, -0.25) is 24.5 Å². The normalized spacial score (nSPS) is 12.5. The molecule has 0 spiro atoms. The molecular weight excluding hydrogens is 416 g/mol. The number of ether oxygens (including phenoxy) is 2. The molecule has 1 aliphatic rings. The Morgan fingerprint density at radius 1 is 0.938 bits per heavy atom. The van der Waals surface area contributed by atoms with Crippen LogP contribution < -0.4 is 14.4 Å². The summed E-state index contributed by atoms with van der Waals surface area (Å²) in [6, 6.07) is 14.7. The number of fused-ring (bicyclic) bond motifs is 1. The van der Waals surface area contributed by atoms with E-state index in [2.05, 4.69) is 0 Å². The van der Waals surface area contributed by atoms with Crippen LogP contribution >= 0.6 is 0 Å². The molecule has 0 atom stereocenters. The van der Waals surface area contributed by atoms with Crippen LogP contribution in [0.1, 0.15) is 33.2 Å². The summed E-state index contributed by atoms with van der Waals surface area (Å²) in [4.78, 5) is 48.9. The van der Waals surface area contributed by atoms with Gasteiger partial charge in [0.1, 0.15) is 11.5 Å². The van der Waals surface area contributed by atoms with Crippen LogP contribution in [0.3, 0.4) is 0 Å². The molecule has 0 N–H and O–H groups in total. The molecule has 2 amide bonds. The third kappa shape index (κ3) is 3.79. The Morgan fingerprint density at radius 3 is 2.38 bits per heavy atom. The van der Waals surface area contributed by atoms with Crippen molar-refractivity contribution in [1.29, 1.82) is 0 Å². The molecule has 0 fully saturated rings. The first-order valence-electron chi connectivity index (χ1n) is 9.49. The Bertz CT molecular complexity index is 1300. The average Bonchev–Trinajstić information content (AvgIpc) is 2.99. The van der Waals surface area contributed by atoms with Crippen molar-refractivity contribution in [2.45, 2.75) is 13.8 Å². The molecule has 160 valence electrons. The first-order chi connectivity index (χ1) is 15.2. The van der Waals surface area contributed by atoms with Gasteiger partial charge < -0.3 is 9.47 Å². The van der Waals surface area contributed by atoms with E-state index in [1.54, 1.807) is 19.1 Å². The maximum Gasteiger partial charge on any atom is 0.308 e. The summed E-state index contributed by atoms with van der Waals surface area (Å²) in [7, 11) is 0. The van der Waals surface area contributed by atoms with Crippen molar-refractivity contribution < 1.29 is 28.8 Å². The van der Waals surface area contributed by atoms with Gasteiger partial charge in [0.05, 0.1) is 27.8 Å². The lowest BCUT2D eigenvalue weighted by atomic mass is 10.1. The Balaban J connectivity index is 1.69. The topological polar surface area (TPSA) is 116 Å². The third-order valence-corrected chi connectivity index (χ3v) is 4.73. The van der Waals surface area contributed by atoms with Crippen LogP contribution in [0.25, 0.3) is 0 Å². The maximum absolute atomic E-state index is 13.1. The van der Waals surface area contributed by atoms with Crippen LogP contribution in [0.5, 0.6) is 17.2 Å². The smallest absolute Gasteiger partial charge is 0.308 e. The van der Waals surface area contributed by atoms with E-state index in [-0.39, 0.29) is 39.8 Å². The number of hydrogen-bond donors (Lipinski definition) is 0. The molecule has 0 saturated carbocycles. The number of carbonyl (C=O) groups excluding carboxylic acids is 3. The molecular formula is C23H16N2O7. The second kappa shape index (κ2) is 7.95. The van der Waals surface area contributed by atoms with Gasteiger partial charge in [0.2, 0.25) is 0 Å². The fraction of sp³-hybridized carbons (Fsp3) is 0.0870. The van der Waals surface area contributed by atoms with Gasteiger partial charge in [-0.15, -0.1) is 0 Å². The zero-order valence-electron chi connectivity index (χ0n) is 17.0. The van der Waals surface area contributed by atoms with Crippen LogP contribution in [-0.2, 0) is 4.79 Å². The minimum absolute atomic E-state index is 0.0886. The molecule has 3 aromatic carbocycles. The number of carbonyl (C=O) groups is 3. The molecule has 0 saturated heterocycles. The first kappa shape index (κ1) is 20.7. The fourth-order valence-corrected chi connectivity index (χ4v) is 3.34. The molecule has 0 aromatic heterocycles. The van der Waals surface area contributed by atoms with Crippen molar-refractivity contribution in [1.82, 2.24) is 0 Å². The molecule has 9 heteroatoms. The molecule has 0 radical (unpaired) electrons. The quantitative estimate of drug-likeness (QED) is 0.193. The zero-order chi connectivity index (χ0) is 23.0. The highest BCUT2D eigenvalue weighted by Gasteiger charge is 2.38. The Labute approximate surface area is 181 Å². The highest BCUT2D eigenvalue weighted by Crippen LogP contribution is 2.37. The molecule has 32 heavy (non-hydrogen) atoms. The fourth-order valence-electron chi connectivity index (χ4n) is 3.34. The van der Waals surface area contributed by atoms with Gasteiger partial charge in [0.25, 0.3) is 17.5 Å². The van der Waals surface area contributed by atoms with Gasteiger partial charge in [-0.25, -0.2) is 4.90 Å². The number of non-ortho nitro benzene ring substituents is 1. The van der Waals surface area contributed by atoms with E-state index in [4.69, 9.17) is 9.47 Å². The number of aryl methyl sites for hydroxylation is 1. The van der Waals surface area contributed by atoms with E-state index in [0.717, 1.165) is 10.5 Å². The van der Waals surface area contributed by atoms with Gasteiger partial charge in [0.15, 0.2) is 5.75 Å². The summed E-state index contributed by atoms with van der Waals surface area (Å²) in [5.41, 5.74) is 1.05. The monoisotopic (exact) mass is 432 g/mol. The van der Waals surface area contributed by atoms with Crippen molar-refractivity contribution in [3.05, 3.63) is 87.5 Å². The summed E-state index contributed by atoms with van der Waals surface area (Å²) in [5, 5.41) is 11.0. The summed E-state index contributed by atoms with van der Waals surface area (Å²) in [5.74, 6) is -1.22. The van der Waals surface area contributed by atoms with E-state index in [1.165, 1.54) is 55.5 Å². The van der Waals surface area contributed by atoms with Crippen molar-refractivity contribution in [2.24, 2.45) is 0 Å². The molecule has 0 unspecified atom stereocenters. The summed E-state index contributed by atoms with van der Waals surface area (Å²) >= 11 is 0. The Morgan fingerprint density at radius 2 is 1.66 bits per heavy atom. The lowest BCUT2D eigenvalue weighted by Gasteiger charge is -2.18. The SMILES string of the molecule is CC(=O)Oc1ccc(C)cc1N1C(=O)c2ccc(Oc3cccc([N+](=O)[O-])c3)cc2C1=O. The number of hydrogen-bond acceptors (Lipinski definition) is 7.